The summed E-state index contributed by atoms with van der Waals surface area (Å²) in [7, 11) is -3.66. The molecule has 16 heavy (non-hydrogen) atoms. The Morgan fingerprint density at radius 3 is 2.12 bits per heavy atom. The summed E-state index contributed by atoms with van der Waals surface area (Å²) in [6.45, 7) is 3.45. The van der Waals surface area contributed by atoms with Crippen LogP contribution in [0.5, 0.6) is 0 Å². The van der Waals surface area contributed by atoms with Crippen LogP contribution in [0, 0.1) is 0 Å². The molecule has 2 N–H and O–H groups in total. The molecule has 0 bridgehead atoms. The van der Waals surface area contributed by atoms with Crippen molar-refractivity contribution in [1.82, 2.24) is 0 Å². The number of primary sulfonamides is 1. The van der Waals surface area contributed by atoms with Gasteiger partial charge in [0.15, 0.2) is 0 Å². The highest BCUT2D eigenvalue weighted by Crippen LogP contribution is 2.21. The Morgan fingerprint density at radius 2 is 1.81 bits per heavy atom. The van der Waals surface area contributed by atoms with Crippen LogP contribution in [0.3, 0.4) is 0 Å². The lowest BCUT2D eigenvalue weighted by atomic mass is 9.93. The molecule has 1 unspecified atom stereocenters. The Labute approximate surface area is 95.5 Å². The van der Waals surface area contributed by atoms with Crippen molar-refractivity contribution in [3.8, 4) is 0 Å². The zero-order valence-corrected chi connectivity index (χ0v) is 10.1. The number of hydrogen-bond donors (Lipinski definition) is 1. The predicted octanol–water partition coefficient (Wildman–Crippen LogP) is 1.42. The van der Waals surface area contributed by atoms with Gasteiger partial charge >= 0.3 is 0 Å². The molecular weight excluding hydrogens is 226 g/mol. The maximum absolute atomic E-state index is 11.3. The van der Waals surface area contributed by atoms with E-state index in [1.807, 2.05) is 6.92 Å². The lowest BCUT2D eigenvalue weighted by Crippen LogP contribution is -2.13. The fourth-order valence-electron chi connectivity index (χ4n) is 1.65. The highest BCUT2D eigenvalue weighted by molar-refractivity contribution is 7.89. The number of rotatable bonds is 4. The summed E-state index contributed by atoms with van der Waals surface area (Å²) in [5.41, 5.74) is 0.822. The third kappa shape index (κ3) is 2.90. The van der Waals surface area contributed by atoms with Crippen LogP contribution in [0.15, 0.2) is 29.2 Å². The number of benzene rings is 1. The van der Waals surface area contributed by atoms with Crippen LogP contribution in [-0.4, -0.2) is 14.2 Å². The molecular formula is C11H15NO3S. The van der Waals surface area contributed by atoms with E-state index in [-0.39, 0.29) is 16.6 Å². The number of Topliss-reactive ketones (excluding diaryl/α,β-unsaturated/α-hetero) is 1. The van der Waals surface area contributed by atoms with E-state index in [9.17, 15) is 13.2 Å². The van der Waals surface area contributed by atoms with Gasteiger partial charge in [-0.1, -0.05) is 19.1 Å². The molecule has 1 aromatic rings. The molecule has 88 valence electrons. The summed E-state index contributed by atoms with van der Waals surface area (Å²) in [6, 6.07) is 6.12. The molecule has 0 aromatic heterocycles. The van der Waals surface area contributed by atoms with Gasteiger partial charge in [0.1, 0.15) is 5.78 Å². The molecule has 1 rings (SSSR count). The van der Waals surface area contributed by atoms with Gasteiger partial charge in [-0.2, -0.15) is 0 Å². The van der Waals surface area contributed by atoms with Crippen molar-refractivity contribution in [2.24, 2.45) is 5.14 Å². The normalized spacial score (nSPS) is 13.4. The molecule has 0 aliphatic rings. The zero-order chi connectivity index (χ0) is 12.3. The molecule has 0 saturated heterocycles. The molecule has 1 atom stereocenters. The largest absolute Gasteiger partial charge is 0.299 e. The molecule has 0 aliphatic carbocycles. The van der Waals surface area contributed by atoms with Gasteiger partial charge in [-0.05, 0) is 31.0 Å². The molecule has 0 fully saturated rings. The molecule has 0 spiro atoms. The highest BCUT2D eigenvalue weighted by atomic mass is 32.2. The number of sulfonamides is 1. The topological polar surface area (TPSA) is 77.2 Å². The Bertz CT molecular complexity index is 476. The summed E-state index contributed by atoms with van der Waals surface area (Å²) >= 11 is 0. The van der Waals surface area contributed by atoms with E-state index in [2.05, 4.69) is 0 Å². The lowest BCUT2D eigenvalue weighted by molar-refractivity contribution is -0.118. The van der Waals surface area contributed by atoms with Crippen molar-refractivity contribution in [3.63, 3.8) is 0 Å². The van der Waals surface area contributed by atoms with Gasteiger partial charge in [-0.15, -0.1) is 0 Å². The van der Waals surface area contributed by atoms with Crippen LogP contribution in [0.25, 0.3) is 0 Å². The first-order valence-corrected chi connectivity index (χ1v) is 6.54. The first-order chi connectivity index (χ1) is 7.36. The van der Waals surface area contributed by atoms with Crippen LogP contribution < -0.4 is 5.14 Å². The Morgan fingerprint density at radius 1 is 1.31 bits per heavy atom. The molecule has 4 nitrogen and oxygen atoms in total. The SMILES string of the molecule is CCC(C(C)=O)c1ccc(S(N)(=O)=O)cc1. The highest BCUT2D eigenvalue weighted by Gasteiger charge is 2.15. The minimum Gasteiger partial charge on any atom is -0.299 e. The quantitative estimate of drug-likeness (QED) is 0.865. The van der Waals surface area contributed by atoms with Crippen LogP contribution in [0.1, 0.15) is 31.7 Å². The third-order valence-electron chi connectivity index (χ3n) is 2.51. The van der Waals surface area contributed by atoms with Gasteiger partial charge in [-0.25, -0.2) is 13.6 Å². The van der Waals surface area contributed by atoms with E-state index in [4.69, 9.17) is 5.14 Å². The van der Waals surface area contributed by atoms with Crippen molar-refractivity contribution in [1.29, 1.82) is 0 Å². The van der Waals surface area contributed by atoms with Crippen molar-refractivity contribution < 1.29 is 13.2 Å². The number of hydrogen-bond acceptors (Lipinski definition) is 3. The van der Waals surface area contributed by atoms with Crippen molar-refractivity contribution in [2.45, 2.75) is 31.1 Å². The maximum Gasteiger partial charge on any atom is 0.238 e. The first-order valence-electron chi connectivity index (χ1n) is 4.99. The Kier molecular flexibility index (Phi) is 3.83. The van der Waals surface area contributed by atoms with E-state index in [0.717, 1.165) is 5.56 Å². The van der Waals surface area contributed by atoms with Crippen LogP contribution >= 0.6 is 0 Å². The van der Waals surface area contributed by atoms with Gasteiger partial charge in [-0.3, -0.25) is 4.79 Å². The minimum absolute atomic E-state index is 0.0645. The summed E-state index contributed by atoms with van der Waals surface area (Å²) < 4.78 is 22.1. The number of nitrogens with two attached hydrogens (primary N) is 1. The van der Waals surface area contributed by atoms with Gasteiger partial charge in [0.25, 0.3) is 0 Å². The van der Waals surface area contributed by atoms with E-state index in [1.165, 1.54) is 19.1 Å². The van der Waals surface area contributed by atoms with Gasteiger partial charge < -0.3 is 0 Å². The second-order valence-electron chi connectivity index (χ2n) is 3.69. The van der Waals surface area contributed by atoms with Gasteiger partial charge in [0.2, 0.25) is 10.0 Å². The maximum atomic E-state index is 11.3. The molecule has 0 aliphatic heterocycles. The molecule has 0 saturated carbocycles. The molecule has 0 heterocycles. The lowest BCUT2D eigenvalue weighted by Gasteiger charge is -2.11. The van der Waals surface area contributed by atoms with Gasteiger partial charge in [0.05, 0.1) is 4.90 Å². The molecule has 0 radical (unpaired) electrons. The van der Waals surface area contributed by atoms with Crippen LogP contribution in [0.2, 0.25) is 0 Å². The zero-order valence-electron chi connectivity index (χ0n) is 9.30. The Hall–Kier alpha value is -1.20. The fourth-order valence-corrected chi connectivity index (χ4v) is 2.16. The molecule has 5 heteroatoms. The van der Waals surface area contributed by atoms with Crippen molar-refractivity contribution in [2.75, 3.05) is 0 Å². The summed E-state index contributed by atoms with van der Waals surface area (Å²) in [4.78, 5) is 11.4. The number of carbonyl (C=O) groups is 1. The standard InChI is InChI=1S/C11H15NO3S/c1-3-11(8(2)13)9-4-6-10(7-5-9)16(12,14)15/h4-7,11H,3H2,1-2H3,(H2,12,14,15). The predicted molar refractivity (Wildman–Crippen MR) is 61.5 cm³/mol. The van der Waals surface area contributed by atoms with Crippen LogP contribution in [-0.2, 0) is 14.8 Å². The van der Waals surface area contributed by atoms with E-state index in [0.29, 0.717) is 6.42 Å². The minimum atomic E-state index is -3.66. The van der Waals surface area contributed by atoms with Crippen molar-refractivity contribution >= 4 is 15.8 Å². The average molecular weight is 241 g/mol. The summed E-state index contributed by atoms with van der Waals surface area (Å²) in [6.07, 6.45) is 0.698. The second-order valence-corrected chi connectivity index (χ2v) is 5.25. The van der Waals surface area contributed by atoms with Crippen molar-refractivity contribution in [3.05, 3.63) is 29.8 Å². The van der Waals surface area contributed by atoms with E-state index < -0.39 is 10.0 Å². The smallest absolute Gasteiger partial charge is 0.238 e. The Balaban J connectivity index is 3.08. The third-order valence-corrected chi connectivity index (χ3v) is 3.44. The van der Waals surface area contributed by atoms with Crippen LogP contribution in [0.4, 0.5) is 0 Å². The number of ketones is 1. The second kappa shape index (κ2) is 4.76. The molecule has 0 amide bonds. The number of carbonyl (C=O) groups excluding carboxylic acids is 1. The molecule has 1 aromatic carbocycles. The monoisotopic (exact) mass is 241 g/mol. The summed E-state index contributed by atoms with van der Waals surface area (Å²) in [5, 5.41) is 4.98. The summed E-state index contributed by atoms with van der Waals surface area (Å²) in [5.74, 6) is -0.0969. The van der Waals surface area contributed by atoms with E-state index >= 15 is 0 Å². The van der Waals surface area contributed by atoms with E-state index in [1.54, 1.807) is 12.1 Å². The average Bonchev–Trinajstić information content (AvgIpc) is 2.17. The first kappa shape index (κ1) is 12.9. The fraction of sp³-hybridized carbons (Fsp3) is 0.364. The van der Waals surface area contributed by atoms with Gasteiger partial charge in [0, 0.05) is 5.92 Å².